The van der Waals surface area contributed by atoms with Gasteiger partial charge in [0.15, 0.2) is 5.69 Å². The van der Waals surface area contributed by atoms with Crippen LogP contribution in [0.2, 0.25) is 5.02 Å². The SMILES string of the molecule is O=C(c1cn(C2CCC(NC(=O)C3(c4c(F)cccc4Cl)CCCC3)CC2)nn1)N1CCCC1. The Labute approximate surface area is 204 Å². The lowest BCUT2D eigenvalue weighted by atomic mass is 9.77. The number of carbonyl (C=O) groups excluding carboxylic acids is 2. The number of likely N-dealkylation sites (tertiary alicyclic amines) is 1. The molecule has 34 heavy (non-hydrogen) atoms. The van der Waals surface area contributed by atoms with Crippen molar-refractivity contribution in [3.8, 4) is 0 Å². The van der Waals surface area contributed by atoms with Crippen molar-refractivity contribution in [3.05, 3.63) is 46.5 Å². The number of hydrogen-bond donors (Lipinski definition) is 1. The quantitative estimate of drug-likeness (QED) is 0.677. The summed E-state index contributed by atoms with van der Waals surface area (Å²) in [7, 11) is 0. The number of aromatic nitrogens is 3. The highest BCUT2D eigenvalue weighted by atomic mass is 35.5. The molecule has 2 aromatic rings. The molecule has 1 saturated heterocycles. The van der Waals surface area contributed by atoms with Crippen molar-refractivity contribution in [1.29, 1.82) is 0 Å². The van der Waals surface area contributed by atoms with Crippen LogP contribution in [-0.2, 0) is 10.2 Å². The van der Waals surface area contributed by atoms with Crippen molar-refractivity contribution in [2.45, 2.75) is 81.7 Å². The summed E-state index contributed by atoms with van der Waals surface area (Å²) in [6, 6.07) is 4.82. The summed E-state index contributed by atoms with van der Waals surface area (Å²) >= 11 is 6.38. The van der Waals surface area contributed by atoms with Crippen molar-refractivity contribution >= 4 is 23.4 Å². The Balaban J connectivity index is 1.22. The monoisotopic (exact) mass is 487 g/mol. The zero-order chi connectivity index (χ0) is 23.7. The van der Waals surface area contributed by atoms with Crippen LogP contribution in [0.1, 0.15) is 86.3 Å². The highest BCUT2D eigenvalue weighted by Gasteiger charge is 2.46. The average Bonchev–Trinajstić information content (AvgIpc) is 3.61. The molecule has 3 aliphatic rings. The largest absolute Gasteiger partial charge is 0.353 e. The standard InChI is InChI=1S/C25H31ClFN5O2/c26-19-6-5-7-20(27)22(19)25(12-1-2-13-25)24(34)28-17-8-10-18(11-9-17)32-16-21(29-30-32)23(33)31-14-3-4-15-31/h5-7,16-18H,1-4,8-15H2,(H,28,34). The van der Waals surface area contributed by atoms with Crippen LogP contribution in [0.3, 0.4) is 0 Å². The summed E-state index contributed by atoms with van der Waals surface area (Å²) in [5.41, 5.74) is -0.142. The van der Waals surface area contributed by atoms with Crippen LogP contribution in [0.5, 0.6) is 0 Å². The Morgan fingerprint density at radius 2 is 1.76 bits per heavy atom. The molecule has 0 unspecified atom stereocenters. The molecule has 0 bridgehead atoms. The number of nitrogens with zero attached hydrogens (tertiary/aromatic N) is 4. The van der Waals surface area contributed by atoms with E-state index in [4.69, 9.17) is 11.6 Å². The van der Waals surface area contributed by atoms with E-state index >= 15 is 0 Å². The second-order valence-electron chi connectivity index (χ2n) is 9.95. The average molecular weight is 488 g/mol. The van der Waals surface area contributed by atoms with E-state index in [9.17, 15) is 14.0 Å². The number of amides is 2. The Morgan fingerprint density at radius 3 is 2.44 bits per heavy atom. The van der Waals surface area contributed by atoms with Crippen LogP contribution in [0.4, 0.5) is 4.39 Å². The molecule has 1 aromatic heterocycles. The van der Waals surface area contributed by atoms with E-state index in [-0.39, 0.29) is 23.9 Å². The first-order valence-electron chi connectivity index (χ1n) is 12.4. The molecule has 1 aromatic carbocycles. The molecule has 0 radical (unpaired) electrons. The molecule has 2 aliphatic carbocycles. The molecule has 9 heteroatoms. The molecule has 1 aliphatic heterocycles. The fourth-order valence-electron chi connectivity index (χ4n) is 5.97. The van der Waals surface area contributed by atoms with Gasteiger partial charge in [-0.15, -0.1) is 5.10 Å². The summed E-state index contributed by atoms with van der Waals surface area (Å²) in [6.45, 7) is 1.58. The maximum Gasteiger partial charge on any atom is 0.276 e. The number of rotatable bonds is 5. The van der Waals surface area contributed by atoms with E-state index in [0.29, 0.717) is 29.1 Å². The fourth-order valence-corrected chi connectivity index (χ4v) is 6.31. The van der Waals surface area contributed by atoms with Gasteiger partial charge in [0.2, 0.25) is 5.91 Å². The molecule has 5 rings (SSSR count). The molecule has 2 saturated carbocycles. The molecule has 0 atom stereocenters. The molecule has 7 nitrogen and oxygen atoms in total. The maximum absolute atomic E-state index is 14.8. The van der Waals surface area contributed by atoms with Gasteiger partial charge in [-0.05, 0) is 63.5 Å². The van der Waals surface area contributed by atoms with Gasteiger partial charge < -0.3 is 10.2 Å². The van der Waals surface area contributed by atoms with E-state index in [1.807, 2.05) is 4.90 Å². The van der Waals surface area contributed by atoms with Crippen molar-refractivity contribution < 1.29 is 14.0 Å². The Morgan fingerprint density at radius 1 is 1.06 bits per heavy atom. The van der Waals surface area contributed by atoms with E-state index in [1.165, 1.54) is 6.07 Å². The summed E-state index contributed by atoms with van der Waals surface area (Å²) in [6.07, 6.45) is 10.1. The first-order chi connectivity index (χ1) is 16.5. The van der Waals surface area contributed by atoms with Crippen LogP contribution in [-0.4, -0.2) is 50.8 Å². The van der Waals surface area contributed by atoms with Crippen LogP contribution < -0.4 is 5.32 Å². The number of carbonyl (C=O) groups is 2. The second kappa shape index (κ2) is 9.64. The van der Waals surface area contributed by atoms with Crippen molar-refractivity contribution in [1.82, 2.24) is 25.2 Å². The number of benzene rings is 1. The highest BCUT2D eigenvalue weighted by molar-refractivity contribution is 6.31. The van der Waals surface area contributed by atoms with Gasteiger partial charge in [-0.1, -0.05) is 35.7 Å². The third-order valence-corrected chi connectivity index (χ3v) is 8.18. The minimum atomic E-state index is -0.893. The van der Waals surface area contributed by atoms with Gasteiger partial charge in [0.05, 0.1) is 17.7 Å². The Bertz CT molecular complexity index is 1030. The maximum atomic E-state index is 14.8. The van der Waals surface area contributed by atoms with Gasteiger partial charge in [0.1, 0.15) is 5.82 Å². The van der Waals surface area contributed by atoms with Crippen LogP contribution >= 0.6 is 11.6 Å². The zero-order valence-corrected chi connectivity index (χ0v) is 20.1. The lowest BCUT2D eigenvalue weighted by Crippen LogP contribution is -2.48. The molecule has 2 amide bonds. The third-order valence-electron chi connectivity index (χ3n) is 7.86. The summed E-state index contributed by atoms with van der Waals surface area (Å²) in [5, 5.41) is 11.9. The molecule has 1 N–H and O–H groups in total. The molecular formula is C25H31ClFN5O2. The molecule has 182 valence electrons. The predicted molar refractivity (Wildman–Crippen MR) is 126 cm³/mol. The first kappa shape index (κ1) is 23.3. The fraction of sp³-hybridized carbons (Fsp3) is 0.600. The topological polar surface area (TPSA) is 80.1 Å². The van der Waals surface area contributed by atoms with Crippen molar-refractivity contribution in [2.24, 2.45) is 0 Å². The molecular weight excluding hydrogens is 457 g/mol. The predicted octanol–water partition coefficient (Wildman–Crippen LogP) is 4.42. The van der Waals surface area contributed by atoms with Crippen molar-refractivity contribution in [3.63, 3.8) is 0 Å². The van der Waals surface area contributed by atoms with E-state index in [2.05, 4.69) is 15.6 Å². The number of halogens is 2. The van der Waals surface area contributed by atoms with Crippen LogP contribution in [0, 0.1) is 5.82 Å². The van der Waals surface area contributed by atoms with Gasteiger partial charge in [0.25, 0.3) is 5.91 Å². The lowest BCUT2D eigenvalue weighted by molar-refractivity contribution is -0.127. The summed E-state index contributed by atoms with van der Waals surface area (Å²) in [5.74, 6) is -0.559. The molecule has 0 spiro atoms. The van der Waals surface area contributed by atoms with Crippen molar-refractivity contribution in [2.75, 3.05) is 13.1 Å². The van der Waals surface area contributed by atoms with Gasteiger partial charge >= 0.3 is 0 Å². The first-order valence-corrected chi connectivity index (χ1v) is 12.8. The van der Waals surface area contributed by atoms with Gasteiger partial charge in [-0.3, -0.25) is 9.59 Å². The van der Waals surface area contributed by atoms with E-state index < -0.39 is 11.2 Å². The highest BCUT2D eigenvalue weighted by Crippen LogP contribution is 2.45. The minimum absolute atomic E-state index is 0.0287. The third kappa shape index (κ3) is 4.32. The molecule has 3 fully saturated rings. The summed E-state index contributed by atoms with van der Waals surface area (Å²) < 4.78 is 16.6. The van der Waals surface area contributed by atoms with E-state index in [0.717, 1.165) is 64.5 Å². The van der Waals surface area contributed by atoms with E-state index in [1.54, 1.807) is 23.0 Å². The summed E-state index contributed by atoms with van der Waals surface area (Å²) in [4.78, 5) is 27.9. The Kier molecular flexibility index (Phi) is 6.60. The minimum Gasteiger partial charge on any atom is -0.353 e. The van der Waals surface area contributed by atoms with Gasteiger partial charge in [-0.2, -0.15) is 0 Å². The second-order valence-corrected chi connectivity index (χ2v) is 10.4. The van der Waals surface area contributed by atoms with Gasteiger partial charge in [-0.25, -0.2) is 9.07 Å². The van der Waals surface area contributed by atoms with Crippen LogP contribution in [0.15, 0.2) is 24.4 Å². The smallest absolute Gasteiger partial charge is 0.276 e. The van der Waals surface area contributed by atoms with Gasteiger partial charge in [0, 0.05) is 29.7 Å². The number of nitrogens with one attached hydrogen (secondary N) is 1. The molecule has 2 heterocycles. The lowest BCUT2D eigenvalue weighted by Gasteiger charge is -2.34. The van der Waals surface area contributed by atoms with Crippen LogP contribution in [0.25, 0.3) is 0 Å². The zero-order valence-electron chi connectivity index (χ0n) is 19.3. The normalized spacial score (nSPS) is 24.4. The Hall–Kier alpha value is -2.48. The number of hydrogen-bond acceptors (Lipinski definition) is 4.